The summed E-state index contributed by atoms with van der Waals surface area (Å²) >= 11 is 1.55. The first-order valence-electron chi connectivity index (χ1n) is 9.16. The molecule has 0 aliphatic carbocycles. The normalized spacial score (nSPS) is 20.9. The molecule has 2 aliphatic rings. The molecule has 0 bridgehead atoms. The Kier molecular flexibility index (Phi) is 4.65. The van der Waals surface area contributed by atoms with E-state index in [4.69, 9.17) is 0 Å². The summed E-state index contributed by atoms with van der Waals surface area (Å²) in [5.41, 5.74) is 1.76. The van der Waals surface area contributed by atoms with E-state index in [2.05, 4.69) is 21.1 Å². The van der Waals surface area contributed by atoms with Gasteiger partial charge in [0.15, 0.2) is 0 Å². The van der Waals surface area contributed by atoms with E-state index < -0.39 is 0 Å². The molecule has 1 amide bonds. The molecule has 4 rings (SSSR count). The number of carbonyl (C=O) groups excluding carboxylic acids is 1. The number of hydrogen-bond donors (Lipinski definition) is 0. The van der Waals surface area contributed by atoms with E-state index in [1.807, 2.05) is 35.4 Å². The minimum absolute atomic E-state index is 0.221. The topological polar surface area (TPSA) is 41.4 Å². The second-order valence-corrected chi connectivity index (χ2v) is 8.52. The van der Waals surface area contributed by atoms with Crippen molar-refractivity contribution in [3.8, 4) is 0 Å². The summed E-state index contributed by atoms with van der Waals surface area (Å²) in [6.45, 7) is 5.16. The highest BCUT2D eigenvalue weighted by atomic mass is 32.1. The fraction of sp³-hybridized carbons (Fsp3) is 0.579. The van der Waals surface area contributed by atoms with E-state index in [1.165, 1.54) is 18.4 Å². The van der Waals surface area contributed by atoms with E-state index in [0.717, 1.165) is 50.4 Å². The first-order chi connectivity index (χ1) is 12.1. The number of rotatable bonds is 3. The van der Waals surface area contributed by atoms with Crippen LogP contribution < -0.4 is 0 Å². The summed E-state index contributed by atoms with van der Waals surface area (Å²) in [6, 6.07) is 3.90. The van der Waals surface area contributed by atoms with Gasteiger partial charge in [0.05, 0.1) is 11.1 Å². The average Bonchev–Trinajstić information content (AvgIpc) is 3.29. The third kappa shape index (κ3) is 3.65. The van der Waals surface area contributed by atoms with Gasteiger partial charge in [-0.15, -0.1) is 11.3 Å². The second-order valence-electron chi connectivity index (χ2n) is 7.57. The minimum atomic E-state index is 0.221. The zero-order valence-electron chi connectivity index (χ0n) is 14.9. The largest absolute Gasteiger partial charge is 0.338 e. The Morgan fingerprint density at radius 1 is 1.20 bits per heavy atom. The van der Waals surface area contributed by atoms with Crippen LogP contribution in [0.25, 0.3) is 0 Å². The highest BCUT2D eigenvalue weighted by Gasteiger charge is 2.38. The number of aromatic nitrogens is 2. The summed E-state index contributed by atoms with van der Waals surface area (Å²) in [6.07, 6.45) is 8.91. The highest BCUT2D eigenvalue weighted by Crippen LogP contribution is 2.41. The molecule has 2 fully saturated rings. The van der Waals surface area contributed by atoms with Crippen LogP contribution >= 0.6 is 11.3 Å². The zero-order chi connectivity index (χ0) is 17.3. The van der Waals surface area contributed by atoms with Crippen molar-refractivity contribution in [2.45, 2.75) is 32.2 Å². The molecule has 5 nitrogen and oxygen atoms in total. The molecule has 0 unspecified atom stereocenters. The molecular weight excluding hydrogens is 332 g/mol. The summed E-state index contributed by atoms with van der Waals surface area (Å²) in [5.74, 6) is 0.221. The molecular formula is C19H26N4OS. The van der Waals surface area contributed by atoms with Crippen LogP contribution in [0, 0.1) is 5.41 Å². The Hall–Kier alpha value is -1.66. The lowest BCUT2D eigenvalue weighted by atomic mass is 9.71. The van der Waals surface area contributed by atoms with Crippen LogP contribution in [-0.4, -0.2) is 51.7 Å². The predicted molar refractivity (Wildman–Crippen MR) is 99.6 cm³/mol. The van der Waals surface area contributed by atoms with Crippen LogP contribution in [-0.2, 0) is 13.6 Å². The lowest BCUT2D eigenvalue weighted by Crippen LogP contribution is -2.48. The molecule has 6 heteroatoms. The van der Waals surface area contributed by atoms with Gasteiger partial charge in [0.1, 0.15) is 0 Å². The lowest BCUT2D eigenvalue weighted by Gasteiger charge is -2.46. The molecule has 4 heterocycles. The van der Waals surface area contributed by atoms with E-state index in [9.17, 15) is 4.79 Å². The Bertz CT molecular complexity index is 706. The summed E-state index contributed by atoms with van der Waals surface area (Å²) < 4.78 is 1.88. The van der Waals surface area contributed by atoms with Crippen LogP contribution in [0.15, 0.2) is 29.9 Å². The van der Waals surface area contributed by atoms with Gasteiger partial charge in [-0.05, 0) is 55.6 Å². The first-order valence-corrected chi connectivity index (χ1v) is 10.0. The summed E-state index contributed by atoms with van der Waals surface area (Å²) in [7, 11) is 1.97. The third-order valence-electron chi connectivity index (χ3n) is 5.92. The van der Waals surface area contributed by atoms with Crippen LogP contribution in [0.3, 0.4) is 0 Å². The monoisotopic (exact) mass is 358 g/mol. The standard InChI is InChI=1S/C19H26N4OS/c1-21-14-16(13-20-21)15-22-8-4-19(5-9-22)6-10-23(11-7-19)18(24)17-3-2-12-25-17/h2-3,12-14H,4-11,15H2,1H3. The van der Waals surface area contributed by atoms with Gasteiger partial charge in [0, 0.05) is 38.4 Å². The van der Waals surface area contributed by atoms with E-state index in [0.29, 0.717) is 5.41 Å². The summed E-state index contributed by atoms with van der Waals surface area (Å²) in [5, 5.41) is 6.25. The van der Waals surface area contributed by atoms with Crippen molar-refractivity contribution in [3.05, 3.63) is 40.3 Å². The second kappa shape index (κ2) is 6.92. The van der Waals surface area contributed by atoms with Gasteiger partial charge < -0.3 is 4.90 Å². The Labute approximate surface area is 153 Å². The molecule has 0 N–H and O–H groups in total. The van der Waals surface area contributed by atoms with Crippen LogP contribution in [0.1, 0.15) is 40.9 Å². The van der Waals surface area contributed by atoms with Gasteiger partial charge in [-0.25, -0.2) is 0 Å². The van der Waals surface area contributed by atoms with Crippen LogP contribution in [0.5, 0.6) is 0 Å². The lowest BCUT2D eigenvalue weighted by molar-refractivity contribution is 0.0287. The zero-order valence-corrected chi connectivity index (χ0v) is 15.7. The van der Waals surface area contributed by atoms with E-state index in [1.54, 1.807) is 11.3 Å². The van der Waals surface area contributed by atoms with Gasteiger partial charge in [-0.2, -0.15) is 5.10 Å². The Morgan fingerprint density at radius 2 is 1.92 bits per heavy atom. The number of thiophene rings is 1. The van der Waals surface area contributed by atoms with Crippen molar-refractivity contribution in [1.29, 1.82) is 0 Å². The average molecular weight is 359 g/mol. The molecule has 0 aromatic carbocycles. The first kappa shape index (κ1) is 16.8. The van der Waals surface area contributed by atoms with Crippen molar-refractivity contribution >= 4 is 17.2 Å². The number of amides is 1. The SMILES string of the molecule is Cn1cc(CN2CCC3(CC2)CCN(C(=O)c2cccs2)CC3)cn1. The van der Waals surface area contributed by atoms with Crippen LogP contribution in [0.2, 0.25) is 0 Å². The number of hydrogen-bond acceptors (Lipinski definition) is 4. The van der Waals surface area contributed by atoms with Gasteiger partial charge in [-0.1, -0.05) is 6.07 Å². The van der Waals surface area contributed by atoms with Gasteiger partial charge in [0.2, 0.25) is 0 Å². The van der Waals surface area contributed by atoms with Crippen molar-refractivity contribution in [2.24, 2.45) is 12.5 Å². The smallest absolute Gasteiger partial charge is 0.263 e. The fourth-order valence-electron chi connectivity index (χ4n) is 4.24. The molecule has 2 aromatic heterocycles. The predicted octanol–water partition coefficient (Wildman–Crippen LogP) is 3.00. The van der Waals surface area contributed by atoms with Crippen molar-refractivity contribution in [2.75, 3.05) is 26.2 Å². The summed E-state index contributed by atoms with van der Waals surface area (Å²) in [4.78, 5) is 18.0. The molecule has 1 spiro atoms. The van der Waals surface area contributed by atoms with E-state index in [-0.39, 0.29) is 5.91 Å². The molecule has 2 aromatic rings. The maximum atomic E-state index is 12.5. The molecule has 0 atom stereocenters. The number of piperidine rings is 2. The van der Waals surface area contributed by atoms with Crippen molar-refractivity contribution in [3.63, 3.8) is 0 Å². The maximum Gasteiger partial charge on any atom is 0.263 e. The minimum Gasteiger partial charge on any atom is -0.338 e. The molecule has 2 aliphatic heterocycles. The Morgan fingerprint density at radius 3 is 2.52 bits per heavy atom. The molecule has 134 valence electrons. The number of carbonyl (C=O) groups is 1. The van der Waals surface area contributed by atoms with Crippen molar-refractivity contribution < 1.29 is 4.79 Å². The van der Waals surface area contributed by atoms with Gasteiger partial charge in [0.25, 0.3) is 5.91 Å². The number of likely N-dealkylation sites (tertiary alicyclic amines) is 2. The highest BCUT2D eigenvalue weighted by molar-refractivity contribution is 7.12. The van der Waals surface area contributed by atoms with Crippen molar-refractivity contribution in [1.82, 2.24) is 19.6 Å². The molecule has 2 saturated heterocycles. The van der Waals surface area contributed by atoms with Gasteiger partial charge in [-0.3, -0.25) is 14.4 Å². The molecule has 0 saturated carbocycles. The number of aryl methyl sites for hydroxylation is 1. The molecule has 0 radical (unpaired) electrons. The van der Waals surface area contributed by atoms with Crippen LogP contribution in [0.4, 0.5) is 0 Å². The third-order valence-corrected chi connectivity index (χ3v) is 6.78. The number of nitrogens with zero attached hydrogens (tertiary/aromatic N) is 4. The van der Waals surface area contributed by atoms with E-state index >= 15 is 0 Å². The molecule has 25 heavy (non-hydrogen) atoms. The fourth-order valence-corrected chi connectivity index (χ4v) is 4.93. The van der Waals surface area contributed by atoms with Gasteiger partial charge >= 0.3 is 0 Å². The maximum absolute atomic E-state index is 12.5. The Balaban J connectivity index is 1.28. The quantitative estimate of drug-likeness (QED) is 0.847.